The molecule has 0 aromatic rings. The van der Waals surface area contributed by atoms with E-state index in [0.717, 1.165) is 0 Å². The number of carboxylic acids is 2. The second kappa shape index (κ2) is 6.70. The molecule has 0 rings (SSSR count). The minimum Gasteiger partial charge on any atom is -0.481 e. The summed E-state index contributed by atoms with van der Waals surface area (Å²) in [4.78, 5) is 38.4. The zero-order valence-corrected chi connectivity index (χ0v) is 9.92. The minimum absolute atomic E-state index is 0.142. The Kier molecular flexibility index (Phi) is 6.33. The Morgan fingerprint density at radius 3 is 1.88 bits per heavy atom. The van der Waals surface area contributed by atoms with Gasteiger partial charge in [0, 0.05) is 0 Å². The first-order valence-corrected chi connectivity index (χ1v) is 6.60. The lowest BCUT2D eigenvalue weighted by molar-refractivity contribution is -0.139. The predicted octanol–water partition coefficient (Wildman–Crippen LogP) is -0.410. The number of carboxylic acid groups (broad SMARTS) is 2. The van der Waals surface area contributed by atoms with Gasteiger partial charge < -0.3 is 25.7 Å². The maximum atomic E-state index is 10.8. The molecule has 0 aliphatic carbocycles. The Balaban J connectivity index is 4.05. The van der Waals surface area contributed by atoms with Crippen LogP contribution in [0.25, 0.3) is 0 Å². The summed E-state index contributed by atoms with van der Waals surface area (Å²) in [6.45, 7) is 0. The standard InChI is InChI=1S/C8H16NO7P/c9-5(7(10)11)3-1-2-4-6(8(12)13)17(14,15)16/h5-6H,1-4,9H2,(H,10,11)(H,12,13)(H2,14,15,16)/t5-,6+/m1/s1. The smallest absolute Gasteiger partial charge is 0.339 e. The third-order valence-corrected chi connectivity index (χ3v) is 3.54. The zero-order valence-electron chi connectivity index (χ0n) is 9.02. The molecule has 0 heterocycles. The van der Waals surface area contributed by atoms with Crippen LogP contribution in [0.5, 0.6) is 0 Å². The zero-order chi connectivity index (χ0) is 13.6. The molecule has 0 saturated heterocycles. The molecule has 0 unspecified atom stereocenters. The number of unbranched alkanes of at least 4 members (excludes halogenated alkanes) is 1. The van der Waals surface area contributed by atoms with Crippen LogP contribution >= 0.6 is 7.60 Å². The average molecular weight is 269 g/mol. The average Bonchev–Trinajstić information content (AvgIpc) is 2.13. The highest BCUT2D eigenvalue weighted by Crippen LogP contribution is 2.43. The molecule has 9 heteroatoms. The van der Waals surface area contributed by atoms with Gasteiger partial charge in [-0.2, -0.15) is 0 Å². The van der Waals surface area contributed by atoms with Crippen molar-refractivity contribution < 1.29 is 34.2 Å². The highest BCUT2D eigenvalue weighted by atomic mass is 31.2. The molecule has 0 aromatic carbocycles. The molecular formula is C8H16NO7P. The molecule has 0 aliphatic rings. The van der Waals surface area contributed by atoms with E-state index in [0.29, 0.717) is 6.42 Å². The van der Waals surface area contributed by atoms with Gasteiger partial charge in [0.05, 0.1) is 0 Å². The number of rotatable bonds is 8. The number of nitrogens with two attached hydrogens (primary N) is 1. The number of hydrogen-bond acceptors (Lipinski definition) is 4. The number of aliphatic carboxylic acids is 2. The van der Waals surface area contributed by atoms with Crippen LogP contribution in [-0.4, -0.2) is 43.6 Å². The van der Waals surface area contributed by atoms with E-state index in [-0.39, 0.29) is 19.3 Å². The summed E-state index contributed by atoms with van der Waals surface area (Å²) in [6.07, 6.45) is 0.440. The van der Waals surface area contributed by atoms with Crippen molar-refractivity contribution >= 4 is 19.5 Å². The molecule has 0 amide bonds. The molecule has 17 heavy (non-hydrogen) atoms. The maximum Gasteiger partial charge on any atom is 0.339 e. The van der Waals surface area contributed by atoms with Crippen LogP contribution in [0.3, 0.4) is 0 Å². The molecule has 0 spiro atoms. The Morgan fingerprint density at radius 1 is 1.06 bits per heavy atom. The van der Waals surface area contributed by atoms with Gasteiger partial charge in [-0.05, 0) is 12.8 Å². The quantitative estimate of drug-likeness (QED) is 0.294. The third kappa shape index (κ3) is 6.38. The summed E-state index contributed by atoms with van der Waals surface area (Å²) in [5.74, 6) is -2.71. The largest absolute Gasteiger partial charge is 0.481 e. The van der Waals surface area contributed by atoms with Gasteiger partial charge in [-0.25, -0.2) is 0 Å². The summed E-state index contributed by atoms with van der Waals surface area (Å²) >= 11 is 0. The normalized spacial score (nSPS) is 15.2. The fourth-order valence-corrected chi connectivity index (χ4v) is 2.07. The molecule has 2 atom stereocenters. The SMILES string of the molecule is N[C@H](CCCC[C@@H](C(=O)O)P(=O)(O)O)C(=O)O. The van der Waals surface area contributed by atoms with Crippen molar-refractivity contribution in [3.8, 4) is 0 Å². The molecule has 0 fully saturated rings. The first-order chi connectivity index (χ1) is 7.66. The van der Waals surface area contributed by atoms with E-state index in [9.17, 15) is 14.2 Å². The van der Waals surface area contributed by atoms with E-state index in [1.165, 1.54) is 0 Å². The van der Waals surface area contributed by atoms with Gasteiger partial charge in [0.1, 0.15) is 6.04 Å². The number of hydrogen-bond donors (Lipinski definition) is 5. The van der Waals surface area contributed by atoms with E-state index in [1.807, 2.05) is 0 Å². The van der Waals surface area contributed by atoms with Crippen molar-refractivity contribution in [2.24, 2.45) is 5.73 Å². The van der Waals surface area contributed by atoms with Crippen LogP contribution in [0.2, 0.25) is 0 Å². The van der Waals surface area contributed by atoms with Crippen LogP contribution in [0.1, 0.15) is 25.7 Å². The van der Waals surface area contributed by atoms with Gasteiger partial charge in [-0.1, -0.05) is 12.8 Å². The van der Waals surface area contributed by atoms with E-state index < -0.39 is 31.2 Å². The van der Waals surface area contributed by atoms with E-state index in [2.05, 4.69) is 0 Å². The van der Waals surface area contributed by atoms with Crippen LogP contribution in [-0.2, 0) is 14.2 Å². The molecule has 0 aromatic heterocycles. The molecular weight excluding hydrogens is 253 g/mol. The molecule has 0 aliphatic heterocycles. The molecule has 0 bridgehead atoms. The van der Waals surface area contributed by atoms with E-state index in [1.54, 1.807) is 0 Å². The van der Waals surface area contributed by atoms with Crippen molar-refractivity contribution in [1.29, 1.82) is 0 Å². The minimum atomic E-state index is -4.66. The van der Waals surface area contributed by atoms with Crippen molar-refractivity contribution in [2.75, 3.05) is 0 Å². The Labute approximate surface area is 97.6 Å². The van der Waals surface area contributed by atoms with Crippen LogP contribution in [0.15, 0.2) is 0 Å². The second-order valence-electron chi connectivity index (χ2n) is 3.67. The van der Waals surface area contributed by atoms with Gasteiger partial charge in [-0.15, -0.1) is 0 Å². The molecule has 0 saturated carbocycles. The van der Waals surface area contributed by atoms with Gasteiger partial charge in [0.25, 0.3) is 0 Å². The van der Waals surface area contributed by atoms with Crippen LogP contribution in [0.4, 0.5) is 0 Å². The van der Waals surface area contributed by atoms with Gasteiger partial charge in [-0.3, -0.25) is 14.2 Å². The summed E-state index contributed by atoms with van der Waals surface area (Å²) in [5.41, 5.74) is 3.48. The third-order valence-electron chi connectivity index (χ3n) is 2.25. The summed E-state index contributed by atoms with van der Waals surface area (Å²) in [7, 11) is -4.66. The Hall–Kier alpha value is -0.950. The molecule has 8 nitrogen and oxygen atoms in total. The second-order valence-corrected chi connectivity index (χ2v) is 5.47. The van der Waals surface area contributed by atoms with Gasteiger partial charge >= 0.3 is 19.5 Å². The van der Waals surface area contributed by atoms with Crippen molar-refractivity contribution in [1.82, 2.24) is 0 Å². The molecule has 0 radical (unpaired) electrons. The van der Waals surface area contributed by atoms with Crippen molar-refractivity contribution in [3.63, 3.8) is 0 Å². The fraction of sp³-hybridized carbons (Fsp3) is 0.750. The maximum absolute atomic E-state index is 10.8. The first kappa shape index (κ1) is 16.1. The lowest BCUT2D eigenvalue weighted by Crippen LogP contribution is -2.29. The first-order valence-electron chi connectivity index (χ1n) is 4.92. The lowest BCUT2D eigenvalue weighted by Gasteiger charge is -2.13. The Bertz CT molecular complexity index is 326. The van der Waals surface area contributed by atoms with Crippen molar-refractivity contribution in [3.05, 3.63) is 0 Å². The highest BCUT2D eigenvalue weighted by molar-refractivity contribution is 7.53. The fourth-order valence-electron chi connectivity index (χ4n) is 1.26. The molecule has 6 N–H and O–H groups in total. The topological polar surface area (TPSA) is 158 Å². The van der Waals surface area contributed by atoms with Crippen LogP contribution in [0, 0.1) is 0 Å². The van der Waals surface area contributed by atoms with Gasteiger partial charge in [0.2, 0.25) is 0 Å². The molecule has 100 valence electrons. The summed E-state index contributed by atoms with van der Waals surface area (Å²) in [5, 5.41) is 17.1. The van der Waals surface area contributed by atoms with E-state index in [4.69, 9.17) is 25.7 Å². The summed E-state index contributed by atoms with van der Waals surface area (Å²) in [6, 6.07) is -1.03. The van der Waals surface area contributed by atoms with Crippen LogP contribution < -0.4 is 5.73 Å². The Morgan fingerprint density at radius 2 is 1.53 bits per heavy atom. The highest BCUT2D eigenvalue weighted by Gasteiger charge is 2.34. The van der Waals surface area contributed by atoms with E-state index >= 15 is 0 Å². The van der Waals surface area contributed by atoms with Gasteiger partial charge in [0.15, 0.2) is 5.66 Å². The number of carbonyl (C=O) groups is 2. The lowest BCUT2D eigenvalue weighted by atomic mass is 10.1. The summed E-state index contributed by atoms with van der Waals surface area (Å²) < 4.78 is 10.8. The predicted molar refractivity (Wildman–Crippen MR) is 57.5 cm³/mol. The van der Waals surface area contributed by atoms with Crippen molar-refractivity contribution in [2.45, 2.75) is 37.4 Å². The monoisotopic (exact) mass is 269 g/mol.